The van der Waals surface area contributed by atoms with E-state index in [0.29, 0.717) is 0 Å². The molecule has 27 heavy (non-hydrogen) atoms. The smallest absolute Gasteiger partial charge is 0.320 e. The Balaban J connectivity index is 4.24. The van der Waals surface area contributed by atoms with Crippen LogP contribution in [0, 0.1) is 0 Å². The van der Waals surface area contributed by atoms with Gasteiger partial charge in [0.25, 0.3) is 0 Å². The fraction of sp³-hybridized carbons (Fsp3) is 0.958. The average molecular weight is 384 g/mol. The lowest BCUT2D eigenvalue weighted by Gasteiger charge is -2.29. The van der Waals surface area contributed by atoms with E-state index in [4.69, 9.17) is 0 Å². The first-order valence-electron chi connectivity index (χ1n) is 12.1. The van der Waals surface area contributed by atoms with Crippen molar-refractivity contribution in [3.63, 3.8) is 0 Å². The van der Waals surface area contributed by atoms with Crippen LogP contribution in [0.15, 0.2) is 0 Å². The number of nitrogens with zero attached hydrogens (tertiary/aromatic N) is 1. The van der Waals surface area contributed by atoms with Gasteiger partial charge in [-0.25, -0.2) is 0 Å². The van der Waals surface area contributed by atoms with E-state index in [0.717, 1.165) is 45.2 Å². The van der Waals surface area contributed by atoms with Crippen molar-refractivity contribution in [3.8, 4) is 0 Å². The van der Waals surface area contributed by atoms with Crippen LogP contribution in [-0.2, 0) is 4.79 Å². The first kappa shape index (κ1) is 26.4. The van der Waals surface area contributed by atoms with Gasteiger partial charge in [0.15, 0.2) is 0 Å². The minimum Gasteiger partial charge on any atom is -0.480 e. The molecule has 0 aliphatic rings. The van der Waals surface area contributed by atoms with E-state index in [2.05, 4.69) is 25.7 Å². The lowest BCUT2D eigenvalue weighted by atomic mass is 10.0. The van der Waals surface area contributed by atoms with Crippen LogP contribution in [0.3, 0.4) is 0 Å². The van der Waals surface area contributed by atoms with Gasteiger partial charge in [0, 0.05) is 0 Å². The summed E-state index contributed by atoms with van der Waals surface area (Å²) in [6.07, 6.45) is 21.0. The summed E-state index contributed by atoms with van der Waals surface area (Å²) in [6.45, 7) is 8.58. The lowest BCUT2D eigenvalue weighted by Crippen LogP contribution is -2.42. The van der Waals surface area contributed by atoms with Crippen molar-refractivity contribution in [2.24, 2.45) is 0 Å². The average Bonchev–Trinajstić information content (AvgIpc) is 2.65. The van der Waals surface area contributed by atoms with E-state index in [9.17, 15) is 9.90 Å². The molecule has 162 valence electrons. The number of hydrogen-bond acceptors (Lipinski definition) is 2. The van der Waals surface area contributed by atoms with Crippen LogP contribution < -0.4 is 0 Å². The zero-order valence-electron chi connectivity index (χ0n) is 18.8. The van der Waals surface area contributed by atoms with Gasteiger partial charge in [-0.3, -0.25) is 9.69 Å². The van der Waals surface area contributed by atoms with Crippen molar-refractivity contribution in [1.82, 2.24) is 4.90 Å². The Hall–Kier alpha value is -0.570. The summed E-state index contributed by atoms with van der Waals surface area (Å²) in [5, 5.41) is 9.73. The second kappa shape index (κ2) is 20.2. The summed E-state index contributed by atoms with van der Waals surface area (Å²) in [6, 6.07) is -0.273. The van der Waals surface area contributed by atoms with E-state index in [-0.39, 0.29) is 6.04 Å². The van der Waals surface area contributed by atoms with Crippen LogP contribution in [0.5, 0.6) is 0 Å². The monoisotopic (exact) mass is 383 g/mol. The minimum atomic E-state index is -0.616. The Labute approximate surface area is 170 Å². The topological polar surface area (TPSA) is 40.5 Å². The quantitative estimate of drug-likeness (QED) is 0.209. The van der Waals surface area contributed by atoms with Gasteiger partial charge in [-0.05, 0) is 32.4 Å². The van der Waals surface area contributed by atoms with Gasteiger partial charge >= 0.3 is 5.97 Å². The third-order valence-electron chi connectivity index (χ3n) is 5.65. The fourth-order valence-electron chi connectivity index (χ4n) is 3.83. The molecule has 0 heterocycles. The maximum atomic E-state index is 11.8. The molecular formula is C24H49NO2. The number of rotatable bonds is 21. The van der Waals surface area contributed by atoms with Crippen molar-refractivity contribution >= 4 is 5.97 Å². The van der Waals surface area contributed by atoms with Crippen LogP contribution >= 0.6 is 0 Å². The molecule has 0 aromatic heterocycles. The maximum absolute atomic E-state index is 11.8. The number of aliphatic carboxylic acids is 1. The van der Waals surface area contributed by atoms with Crippen molar-refractivity contribution < 1.29 is 9.90 Å². The zero-order valence-corrected chi connectivity index (χ0v) is 18.8. The van der Waals surface area contributed by atoms with E-state index in [1.54, 1.807) is 0 Å². The van der Waals surface area contributed by atoms with Crippen LogP contribution in [0.4, 0.5) is 0 Å². The maximum Gasteiger partial charge on any atom is 0.320 e. The number of hydrogen-bond donors (Lipinski definition) is 1. The molecule has 0 saturated heterocycles. The lowest BCUT2D eigenvalue weighted by molar-refractivity contribution is -0.143. The highest BCUT2D eigenvalue weighted by atomic mass is 16.4. The van der Waals surface area contributed by atoms with Gasteiger partial charge in [-0.15, -0.1) is 0 Å². The predicted octanol–water partition coefficient (Wildman–Crippen LogP) is 7.43. The summed E-state index contributed by atoms with van der Waals surface area (Å²) >= 11 is 0. The Kier molecular flexibility index (Phi) is 19.7. The normalized spacial score (nSPS) is 12.6. The largest absolute Gasteiger partial charge is 0.480 e. The first-order chi connectivity index (χ1) is 13.2. The number of unbranched alkanes of at least 4 members (excludes halogenated alkanes) is 13. The third kappa shape index (κ3) is 16.1. The summed E-state index contributed by atoms with van der Waals surface area (Å²) in [5.74, 6) is -0.616. The molecule has 0 aromatic rings. The van der Waals surface area contributed by atoms with Gasteiger partial charge in [-0.1, -0.05) is 111 Å². The van der Waals surface area contributed by atoms with Gasteiger partial charge in [0.1, 0.15) is 6.04 Å². The SMILES string of the molecule is CCCCCCCCCN(CCCCCCCCC)C(CCCC)C(=O)O. The molecule has 0 aliphatic heterocycles. The standard InChI is InChI=1S/C24H49NO2/c1-4-7-10-12-14-16-18-21-25(23(24(26)27)20-9-6-3)22-19-17-15-13-11-8-5-2/h23H,4-22H2,1-3H3,(H,26,27). The van der Waals surface area contributed by atoms with Crippen LogP contribution in [0.2, 0.25) is 0 Å². The Bertz CT molecular complexity index is 302. The van der Waals surface area contributed by atoms with Gasteiger partial charge in [-0.2, -0.15) is 0 Å². The third-order valence-corrected chi connectivity index (χ3v) is 5.65. The fourth-order valence-corrected chi connectivity index (χ4v) is 3.83. The van der Waals surface area contributed by atoms with Crippen LogP contribution in [-0.4, -0.2) is 35.1 Å². The summed E-state index contributed by atoms with van der Waals surface area (Å²) < 4.78 is 0. The van der Waals surface area contributed by atoms with Crippen molar-refractivity contribution in [1.29, 1.82) is 0 Å². The second-order valence-electron chi connectivity index (χ2n) is 8.27. The Morgan fingerprint density at radius 1 is 0.630 bits per heavy atom. The van der Waals surface area contributed by atoms with Gasteiger partial charge in [0.2, 0.25) is 0 Å². The molecule has 1 N–H and O–H groups in total. The molecule has 1 unspecified atom stereocenters. The van der Waals surface area contributed by atoms with E-state index >= 15 is 0 Å². The molecule has 0 bridgehead atoms. The number of carboxylic acid groups (broad SMARTS) is 1. The molecule has 0 saturated carbocycles. The van der Waals surface area contributed by atoms with Gasteiger partial charge < -0.3 is 5.11 Å². The van der Waals surface area contributed by atoms with E-state index in [1.807, 2.05) is 0 Å². The minimum absolute atomic E-state index is 0.273. The van der Waals surface area contributed by atoms with Crippen LogP contribution in [0.1, 0.15) is 130 Å². The van der Waals surface area contributed by atoms with E-state index < -0.39 is 5.97 Å². The Morgan fingerprint density at radius 3 is 1.37 bits per heavy atom. The molecule has 3 nitrogen and oxygen atoms in total. The second-order valence-corrected chi connectivity index (χ2v) is 8.27. The van der Waals surface area contributed by atoms with E-state index in [1.165, 1.54) is 77.0 Å². The molecule has 0 amide bonds. The highest BCUT2D eigenvalue weighted by Crippen LogP contribution is 2.15. The van der Waals surface area contributed by atoms with Crippen molar-refractivity contribution in [2.45, 2.75) is 136 Å². The predicted molar refractivity (Wildman–Crippen MR) is 119 cm³/mol. The zero-order chi connectivity index (χ0) is 20.2. The summed E-state index contributed by atoms with van der Waals surface area (Å²) in [4.78, 5) is 14.1. The number of carboxylic acids is 1. The highest BCUT2D eigenvalue weighted by Gasteiger charge is 2.24. The molecule has 0 spiro atoms. The van der Waals surface area contributed by atoms with Crippen LogP contribution in [0.25, 0.3) is 0 Å². The number of carbonyl (C=O) groups is 1. The Morgan fingerprint density at radius 2 is 1.00 bits per heavy atom. The molecule has 1 atom stereocenters. The van der Waals surface area contributed by atoms with Crippen molar-refractivity contribution in [3.05, 3.63) is 0 Å². The summed E-state index contributed by atoms with van der Waals surface area (Å²) in [7, 11) is 0. The molecule has 0 aliphatic carbocycles. The highest BCUT2D eigenvalue weighted by molar-refractivity contribution is 5.73. The summed E-state index contributed by atoms with van der Waals surface area (Å²) in [5.41, 5.74) is 0. The van der Waals surface area contributed by atoms with Crippen molar-refractivity contribution in [2.75, 3.05) is 13.1 Å². The molecule has 3 heteroatoms. The molecule has 0 aromatic carbocycles. The van der Waals surface area contributed by atoms with Gasteiger partial charge in [0.05, 0.1) is 0 Å². The molecule has 0 fully saturated rings. The molecular weight excluding hydrogens is 334 g/mol. The molecule has 0 rings (SSSR count). The first-order valence-corrected chi connectivity index (χ1v) is 12.1. The molecule has 0 radical (unpaired) electrons.